The molecule has 0 radical (unpaired) electrons. The van der Waals surface area contributed by atoms with Gasteiger partial charge in [0.1, 0.15) is 0 Å². The second-order valence-corrected chi connectivity index (χ2v) is 5.51. The van der Waals surface area contributed by atoms with Crippen molar-refractivity contribution in [3.05, 3.63) is 35.9 Å². The molecule has 1 heteroatoms. The highest BCUT2D eigenvalue weighted by Crippen LogP contribution is 2.31. The van der Waals surface area contributed by atoms with Gasteiger partial charge in [-0.2, -0.15) is 0 Å². The van der Waals surface area contributed by atoms with Gasteiger partial charge in [-0.3, -0.25) is 0 Å². The van der Waals surface area contributed by atoms with Crippen molar-refractivity contribution in [2.75, 3.05) is 6.54 Å². The van der Waals surface area contributed by atoms with E-state index in [2.05, 4.69) is 68.3 Å². The minimum Gasteiger partial charge on any atom is -0.312 e. The zero-order chi connectivity index (χ0) is 14.8. The lowest BCUT2D eigenvalue weighted by atomic mass is 9.79. The summed E-state index contributed by atoms with van der Waals surface area (Å²) in [5.41, 5.74) is 1.44. The molecule has 0 aliphatic carbocycles. The van der Waals surface area contributed by atoms with Crippen LogP contribution in [0.3, 0.4) is 0 Å². The maximum Gasteiger partial charge on any atom is 0.0249 e. The summed E-state index contributed by atoms with van der Waals surface area (Å²) in [6.07, 6.45) is 3.29. The molecule has 0 amide bonds. The number of nitrogens with one attached hydrogen (secondary N) is 1. The maximum absolute atomic E-state index is 3.72. The standard InChI is InChI=1S/C19H29N/c1-5-8-14-18(20-15-6-2)19(16(4)7-3)17-12-10-9-11-13-17/h9-13,16,18-20H,6-7,14-15H2,1-4H3. The van der Waals surface area contributed by atoms with E-state index >= 15 is 0 Å². The van der Waals surface area contributed by atoms with Crippen LogP contribution in [-0.2, 0) is 0 Å². The van der Waals surface area contributed by atoms with Crippen LogP contribution >= 0.6 is 0 Å². The predicted octanol–water partition coefficient (Wildman–Crippen LogP) is 4.60. The van der Waals surface area contributed by atoms with Gasteiger partial charge in [0.25, 0.3) is 0 Å². The van der Waals surface area contributed by atoms with Crippen molar-refractivity contribution in [1.82, 2.24) is 5.32 Å². The fraction of sp³-hybridized carbons (Fsp3) is 0.579. The molecule has 3 atom stereocenters. The van der Waals surface area contributed by atoms with Crippen molar-refractivity contribution >= 4 is 0 Å². The molecule has 3 unspecified atom stereocenters. The van der Waals surface area contributed by atoms with E-state index in [4.69, 9.17) is 0 Å². The fourth-order valence-corrected chi connectivity index (χ4v) is 2.75. The van der Waals surface area contributed by atoms with Crippen LogP contribution in [0.25, 0.3) is 0 Å². The molecular formula is C19H29N. The first-order valence-electron chi connectivity index (χ1n) is 7.92. The summed E-state index contributed by atoms with van der Waals surface area (Å²) in [5, 5.41) is 3.72. The molecule has 0 saturated heterocycles. The molecule has 0 aromatic heterocycles. The quantitative estimate of drug-likeness (QED) is 0.681. The Kier molecular flexibility index (Phi) is 8.07. The van der Waals surface area contributed by atoms with Crippen molar-refractivity contribution in [2.24, 2.45) is 5.92 Å². The second kappa shape index (κ2) is 9.61. The number of hydrogen-bond donors (Lipinski definition) is 1. The van der Waals surface area contributed by atoms with Crippen molar-refractivity contribution in [1.29, 1.82) is 0 Å². The zero-order valence-electron chi connectivity index (χ0n) is 13.4. The van der Waals surface area contributed by atoms with Crippen LogP contribution in [0.2, 0.25) is 0 Å². The van der Waals surface area contributed by atoms with Crippen LogP contribution in [-0.4, -0.2) is 12.6 Å². The fourth-order valence-electron chi connectivity index (χ4n) is 2.75. The minimum absolute atomic E-state index is 0.444. The first kappa shape index (κ1) is 16.8. The highest BCUT2D eigenvalue weighted by atomic mass is 14.9. The Morgan fingerprint density at radius 3 is 2.40 bits per heavy atom. The molecule has 20 heavy (non-hydrogen) atoms. The van der Waals surface area contributed by atoms with Crippen LogP contribution in [0, 0.1) is 17.8 Å². The van der Waals surface area contributed by atoms with E-state index in [1.54, 1.807) is 0 Å². The lowest BCUT2D eigenvalue weighted by Crippen LogP contribution is -2.38. The van der Waals surface area contributed by atoms with Gasteiger partial charge in [-0.25, -0.2) is 0 Å². The molecule has 0 aliphatic rings. The van der Waals surface area contributed by atoms with Gasteiger partial charge in [0, 0.05) is 18.4 Å². The topological polar surface area (TPSA) is 12.0 Å². The summed E-state index contributed by atoms with van der Waals surface area (Å²) in [6.45, 7) is 9.85. The largest absolute Gasteiger partial charge is 0.312 e. The van der Waals surface area contributed by atoms with Gasteiger partial charge in [-0.05, 0) is 31.4 Å². The Hall–Kier alpha value is -1.26. The molecule has 0 saturated carbocycles. The molecule has 0 heterocycles. The van der Waals surface area contributed by atoms with Crippen LogP contribution in [0.1, 0.15) is 58.4 Å². The third-order valence-electron chi connectivity index (χ3n) is 4.03. The summed E-state index contributed by atoms with van der Waals surface area (Å²) in [6, 6.07) is 11.4. The third kappa shape index (κ3) is 5.02. The summed E-state index contributed by atoms with van der Waals surface area (Å²) >= 11 is 0. The van der Waals surface area contributed by atoms with Gasteiger partial charge in [-0.15, -0.1) is 11.8 Å². The van der Waals surface area contributed by atoms with Gasteiger partial charge < -0.3 is 5.32 Å². The summed E-state index contributed by atoms with van der Waals surface area (Å²) in [4.78, 5) is 0. The van der Waals surface area contributed by atoms with Crippen molar-refractivity contribution in [3.63, 3.8) is 0 Å². The van der Waals surface area contributed by atoms with Crippen molar-refractivity contribution < 1.29 is 0 Å². The Labute approximate surface area is 125 Å². The zero-order valence-corrected chi connectivity index (χ0v) is 13.4. The molecule has 1 aromatic rings. The number of rotatable bonds is 8. The van der Waals surface area contributed by atoms with Gasteiger partial charge >= 0.3 is 0 Å². The van der Waals surface area contributed by atoms with Gasteiger partial charge in [0.05, 0.1) is 0 Å². The highest BCUT2D eigenvalue weighted by Gasteiger charge is 2.26. The average Bonchev–Trinajstić information content (AvgIpc) is 2.50. The van der Waals surface area contributed by atoms with Gasteiger partial charge in [-0.1, -0.05) is 57.5 Å². The molecule has 1 rings (SSSR count). The highest BCUT2D eigenvalue weighted by molar-refractivity contribution is 5.23. The van der Waals surface area contributed by atoms with E-state index in [1.807, 2.05) is 6.92 Å². The van der Waals surface area contributed by atoms with Gasteiger partial charge in [0.2, 0.25) is 0 Å². The molecular weight excluding hydrogens is 242 g/mol. The smallest absolute Gasteiger partial charge is 0.0249 e. The van der Waals surface area contributed by atoms with Crippen molar-refractivity contribution in [3.8, 4) is 11.8 Å². The van der Waals surface area contributed by atoms with E-state index in [0.29, 0.717) is 17.9 Å². The minimum atomic E-state index is 0.444. The monoisotopic (exact) mass is 271 g/mol. The van der Waals surface area contributed by atoms with Crippen LogP contribution < -0.4 is 5.32 Å². The number of benzene rings is 1. The maximum atomic E-state index is 3.72. The Morgan fingerprint density at radius 2 is 1.85 bits per heavy atom. The molecule has 0 fully saturated rings. The summed E-state index contributed by atoms with van der Waals surface area (Å²) in [5.74, 6) is 7.52. The summed E-state index contributed by atoms with van der Waals surface area (Å²) < 4.78 is 0. The number of hydrogen-bond acceptors (Lipinski definition) is 1. The summed E-state index contributed by atoms with van der Waals surface area (Å²) in [7, 11) is 0. The molecule has 0 spiro atoms. The first-order chi connectivity index (χ1) is 9.74. The lowest BCUT2D eigenvalue weighted by molar-refractivity contribution is 0.338. The van der Waals surface area contributed by atoms with E-state index < -0.39 is 0 Å². The van der Waals surface area contributed by atoms with Gasteiger partial charge in [0.15, 0.2) is 0 Å². The Bertz CT molecular complexity index is 412. The van der Waals surface area contributed by atoms with E-state index in [1.165, 1.54) is 12.0 Å². The second-order valence-electron chi connectivity index (χ2n) is 5.51. The van der Waals surface area contributed by atoms with E-state index in [-0.39, 0.29) is 0 Å². The van der Waals surface area contributed by atoms with E-state index in [0.717, 1.165) is 19.4 Å². The lowest BCUT2D eigenvalue weighted by Gasteiger charge is -2.32. The van der Waals surface area contributed by atoms with Crippen LogP contribution in [0.5, 0.6) is 0 Å². The third-order valence-corrected chi connectivity index (χ3v) is 4.03. The molecule has 1 aromatic carbocycles. The molecule has 0 aliphatic heterocycles. The molecule has 1 nitrogen and oxygen atoms in total. The molecule has 110 valence electrons. The normalized spacial score (nSPS) is 15.0. The SMILES string of the molecule is CC#CCC(NCCC)C(c1ccccc1)C(C)CC. The Balaban J connectivity index is 2.99. The Morgan fingerprint density at radius 1 is 1.15 bits per heavy atom. The predicted molar refractivity (Wildman–Crippen MR) is 88.8 cm³/mol. The molecule has 0 bridgehead atoms. The van der Waals surface area contributed by atoms with Crippen LogP contribution in [0.4, 0.5) is 0 Å². The van der Waals surface area contributed by atoms with E-state index in [9.17, 15) is 0 Å². The average molecular weight is 271 g/mol. The van der Waals surface area contributed by atoms with Crippen LogP contribution in [0.15, 0.2) is 30.3 Å². The van der Waals surface area contributed by atoms with Crippen molar-refractivity contribution in [2.45, 2.75) is 58.9 Å². The molecule has 1 N–H and O–H groups in total. The first-order valence-corrected chi connectivity index (χ1v) is 7.92.